The summed E-state index contributed by atoms with van der Waals surface area (Å²) in [5.41, 5.74) is 7.84. The fraction of sp³-hybridized carbons (Fsp3) is 0.300. The summed E-state index contributed by atoms with van der Waals surface area (Å²) >= 11 is 0. The van der Waals surface area contributed by atoms with Gasteiger partial charge < -0.3 is 20.7 Å². The summed E-state index contributed by atoms with van der Waals surface area (Å²) in [6.07, 6.45) is 0. The third kappa shape index (κ3) is 4.03. The van der Waals surface area contributed by atoms with Crippen molar-refractivity contribution in [2.24, 2.45) is 5.73 Å². The van der Waals surface area contributed by atoms with Crippen molar-refractivity contribution in [3.05, 3.63) is 65.7 Å². The van der Waals surface area contributed by atoms with Gasteiger partial charge in [0.05, 0.1) is 13.7 Å². The Balaban J connectivity index is 1.54. The predicted octanol–water partition coefficient (Wildman–Crippen LogP) is 1.38. The summed E-state index contributed by atoms with van der Waals surface area (Å²) < 4.78 is 5.07. The molecule has 6 nitrogen and oxygen atoms in total. The highest BCUT2D eigenvalue weighted by Crippen LogP contribution is 2.26. The van der Waals surface area contributed by atoms with Crippen molar-refractivity contribution in [2.75, 3.05) is 26.7 Å². The van der Waals surface area contributed by atoms with Gasteiger partial charge in [-0.1, -0.05) is 30.3 Å². The number of nitrogens with two attached hydrogens (primary N) is 1. The molecule has 0 aliphatic carbocycles. The van der Waals surface area contributed by atoms with E-state index in [0.29, 0.717) is 24.4 Å². The molecule has 0 spiro atoms. The molecule has 26 heavy (non-hydrogen) atoms. The van der Waals surface area contributed by atoms with Crippen molar-refractivity contribution in [1.29, 1.82) is 0 Å². The second-order valence-corrected chi connectivity index (χ2v) is 6.39. The van der Waals surface area contributed by atoms with Crippen LogP contribution in [-0.4, -0.2) is 49.5 Å². The highest BCUT2D eigenvalue weighted by molar-refractivity contribution is 5.96. The monoisotopic (exact) mass is 353 g/mol. The van der Waals surface area contributed by atoms with Crippen LogP contribution < -0.4 is 15.8 Å². The number of hydrogen-bond acceptors (Lipinski definition) is 4. The van der Waals surface area contributed by atoms with E-state index in [0.717, 1.165) is 5.56 Å². The highest BCUT2D eigenvalue weighted by atomic mass is 16.5. The summed E-state index contributed by atoms with van der Waals surface area (Å²) in [6.45, 7) is 1.03. The van der Waals surface area contributed by atoms with Gasteiger partial charge in [-0.3, -0.25) is 9.59 Å². The Bertz CT molecular complexity index is 762. The van der Waals surface area contributed by atoms with E-state index in [9.17, 15) is 9.59 Å². The zero-order valence-corrected chi connectivity index (χ0v) is 14.7. The van der Waals surface area contributed by atoms with E-state index in [1.54, 1.807) is 36.3 Å². The van der Waals surface area contributed by atoms with E-state index < -0.39 is 0 Å². The molecule has 0 bridgehead atoms. The molecule has 0 radical (unpaired) electrons. The minimum absolute atomic E-state index is 0.0426. The number of methoxy groups -OCH3 is 1. The fourth-order valence-corrected chi connectivity index (χ4v) is 3.20. The van der Waals surface area contributed by atoms with Gasteiger partial charge in [0.2, 0.25) is 5.91 Å². The van der Waals surface area contributed by atoms with Gasteiger partial charge in [-0.2, -0.15) is 0 Å². The lowest BCUT2D eigenvalue weighted by atomic mass is 9.95. The summed E-state index contributed by atoms with van der Waals surface area (Å²) in [5, 5.41) is 2.67. The van der Waals surface area contributed by atoms with Crippen LogP contribution in [0.25, 0.3) is 0 Å². The van der Waals surface area contributed by atoms with E-state index in [1.165, 1.54) is 0 Å². The van der Waals surface area contributed by atoms with Crippen LogP contribution in [0, 0.1) is 0 Å². The molecule has 0 saturated carbocycles. The Morgan fingerprint density at radius 3 is 2.46 bits per heavy atom. The molecule has 1 fully saturated rings. The SMILES string of the molecule is COc1ccc(C(=O)NCC(=O)N2C[C@@H](N)[C@H](c3ccccc3)C2)cc1. The third-order valence-electron chi connectivity index (χ3n) is 4.70. The largest absolute Gasteiger partial charge is 0.497 e. The number of benzene rings is 2. The third-order valence-corrected chi connectivity index (χ3v) is 4.70. The second kappa shape index (κ2) is 8.01. The van der Waals surface area contributed by atoms with Gasteiger partial charge in [0.15, 0.2) is 0 Å². The molecule has 3 rings (SSSR count). The summed E-state index contributed by atoms with van der Waals surface area (Å²) in [4.78, 5) is 26.3. The molecule has 136 valence electrons. The lowest BCUT2D eigenvalue weighted by Crippen LogP contribution is -2.40. The zero-order chi connectivity index (χ0) is 18.5. The number of hydrogen-bond donors (Lipinski definition) is 2. The van der Waals surface area contributed by atoms with Crippen LogP contribution in [0.4, 0.5) is 0 Å². The van der Waals surface area contributed by atoms with Crippen molar-refractivity contribution in [2.45, 2.75) is 12.0 Å². The van der Waals surface area contributed by atoms with Crippen LogP contribution in [-0.2, 0) is 4.79 Å². The normalized spacial score (nSPS) is 19.2. The van der Waals surface area contributed by atoms with Crippen molar-refractivity contribution < 1.29 is 14.3 Å². The maximum absolute atomic E-state index is 12.4. The van der Waals surface area contributed by atoms with Gasteiger partial charge in [0, 0.05) is 30.6 Å². The molecule has 6 heteroatoms. The standard InChI is InChI=1S/C20H23N3O3/c1-26-16-9-7-15(8-10-16)20(25)22-11-19(24)23-12-17(18(21)13-23)14-5-3-2-4-6-14/h2-10,17-18H,11-13,21H2,1H3,(H,22,25)/t17-,18+/m0/s1. The molecule has 1 saturated heterocycles. The molecule has 3 N–H and O–H groups in total. The van der Waals surface area contributed by atoms with Gasteiger partial charge in [-0.15, -0.1) is 0 Å². The fourth-order valence-electron chi connectivity index (χ4n) is 3.20. The zero-order valence-electron chi connectivity index (χ0n) is 14.7. The first-order chi connectivity index (χ1) is 12.6. The molecular weight excluding hydrogens is 330 g/mol. The van der Waals surface area contributed by atoms with Crippen LogP contribution in [0.5, 0.6) is 5.75 Å². The summed E-state index contributed by atoms with van der Waals surface area (Å²) in [6, 6.07) is 16.6. The molecule has 2 aromatic rings. The number of amides is 2. The van der Waals surface area contributed by atoms with Crippen LogP contribution in [0.15, 0.2) is 54.6 Å². The van der Waals surface area contributed by atoms with Crippen LogP contribution in [0.1, 0.15) is 21.8 Å². The number of carbonyl (C=O) groups is 2. The highest BCUT2D eigenvalue weighted by Gasteiger charge is 2.33. The molecule has 2 atom stereocenters. The van der Waals surface area contributed by atoms with E-state index >= 15 is 0 Å². The van der Waals surface area contributed by atoms with Crippen LogP contribution >= 0.6 is 0 Å². The number of ether oxygens (including phenoxy) is 1. The van der Waals surface area contributed by atoms with Gasteiger partial charge in [-0.25, -0.2) is 0 Å². The number of nitrogens with one attached hydrogen (secondary N) is 1. The van der Waals surface area contributed by atoms with Crippen molar-refractivity contribution in [1.82, 2.24) is 10.2 Å². The molecule has 0 aromatic heterocycles. The molecule has 0 unspecified atom stereocenters. The molecular formula is C20H23N3O3. The minimum Gasteiger partial charge on any atom is -0.497 e. The van der Waals surface area contributed by atoms with Gasteiger partial charge in [-0.05, 0) is 29.8 Å². The average Bonchev–Trinajstić information content (AvgIpc) is 3.08. The van der Waals surface area contributed by atoms with Crippen molar-refractivity contribution >= 4 is 11.8 Å². The Kier molecular flexibility index (Phi) is 5.53. The minimum atomic E-state index is -0.288. The Morgan fingerprint density at radius 1 is 1.12 bits per heavy atom. The maximum Gasteiger partial charge on any atom is 0.251 e. The van der Waals surface area contributed by atoms with E-state index in [4.69, 9.17) is 10.5 Å². The lowest BCUT2D eigenvalue weighted by molar-refractivity contribution is -0.129. The molecule has 1 aliphatic rings. The topological polar surface area (TPSA) is 84.7 Å². The molecule has 2 aromatic carbocycles. The average molecular weight is 353 g/mol. The van der Waals surface area contributed by atoms with Gasteiger partial charge >= 0.3 is 0 Å². The Labute approximate surface area is 152 Å². The van der Waals surface area contributed by atoms with Crippen LogP contribution in [0.3, 0.4) is 0 Å². The number of rotatable bonds is 5. The number of likely N-dealkylation sites (tertiary alicyclic amines) is 1. The van der Waals surface area contributed by atoms with Gasteiger partial charge in [0.1, 0.15) is 5.75 Å². The Morgan fingerprint density at radius 2 is 1.81 bits per heavy atom. The molecule has 1 aliphatic heterocycles. The van der Waals surface area contributed by atoms with Gasteiger partial charge in [0.25, 0.3) is 5.91 Å². The number of nitrogens with zero attached hydrogens (tertiary/aromatic N) is 1. The smallest absolute Gasteiger partial charge is 0.251 e. The van der Waals surface area contributed by atoms with Crippen LogP contribution in [0.2, 0.25) is 0 Å². The molecule has 1 heterocycles. The maximum atomic E-state index is 12.4. The Hall–Kier alpha value is -2.86. The predicted molar refractivity (Wildman–Crippen MR) is 99.1 cm³/mol. The number of carbonyl (C=O) groups excluding carboxylic acids is 2. The quantitative estimate of drug-likeness (QED) is 0.850. The second-order valence-electron chi connectivity index (χ2n) is 6.39. The first-order valence-corrected chi connectivity index (χ1v) is 8.59. The van der Waals surface area contributed by atoms with E-state index in [-0.39, 0.29) is 30.3 Å². The first kappa shape index (κ1) is 17.9. The summed E-state index contributed by atoms with van der Waals surface area (Å²) in [5.74, 6) is 0.387. The van der Waals surface area contributed by atoms with Crippen molar-refractivity contribution in [3.8, 4) is 5.75 Å². The first-order valence-electron chi connectivity index (χ1n) is 8.59. The summed E-state index contributed by atoms with van der Waals surface area (Å²) in [7, 11) is 1.57. The molecule has 2 amide bonds. The lowest BCUT2D eigenvalue weighted by Gasteiger charge is -2.17. The van der Waals surface area contributed by atoms with E-state index in [2.05, 4.69) is 5.32 Å². The van der Waals surface area contributed by atoms with Crippen molar-refractivity contribution in [3.63, 3.8) is 0 Å². The van der Waals surface area contributed by atoms with E-state index in [1.807, 2.05) is 30.3 Å².